The molecule has 2 aromatic heterocycles. The molecule has 1 saturated carbocycles. The maximum atomic E-state index is 12.2. The van der Waals surface area contributed by atoms with Gasteiger partial charge in [0.15, 0.2) is 0 Å². The highest BCUT2D eigenvalue weighted by Gasteiger charge is 2.18. The summed E-state index contributed by atoms with van der Waals surface area (Å²) in [5, 5.41) is 5.75. The van der Waals surface area contributed by atoms with Crippen molar-refractivity contribution >= 4 is 17.2 Å². The number of nitrogens with zero attached hydrogens (tertiary/aromatic N) is 2. The van der Waals surface area contributed by atoms with E-state index in [9.17, 15) is 4.79 Å². The number of rotatable bonds is 3. The van der Waals surface area contributed by atoms with Gasteiger partial charge in [0.2, 0.25) is 0 Å². The lowest BCUT2D eigenvalue weighted by molar-refractivity contribution is 0.0923. The van der Waals surface area contributed by atoms with E-state index in [1.165, 1.54) is 30.6 Å². The molecule has 0 unspecified atom stereocenters. The molecule has 2 heterocycles. The van der Waals surface area contributed by atoms with E-state index in [1.54, 1.807) is 12.4 Å². The van der Waals surface area contributed by atoms with E-state index in [4.69, 9.17) is 0 Å². The van der Waals surface area contributed by atoms with Crippen LogP contribution in [0.4, 0.5) is 0 Å². The highest BCUT2D eigenvalue weighted by atomic mass is 32.1. The third-order valence-corrected chi connectivity index (χ3v) is 4.48. The van der Waals surface area contributed by atoms with Gasteiger partial charge >= 0.3 is 0 Å². The summed E-state index contributed by atoms with van der Waals surface area (Å²) in [6, 6.07) is 4.15. The van der Waals surface area contributed by atoms with Crippen molar-refractivity contribution in [3.8, 4) is 10.6 Å². The van der Waals surface area contributed by atoms with E-state index >= 15 is 0 Å². The zero-order chi connectivity index (χ0) is 13.8. The molecule has 0 aliphatic heterocycles. The average Bonchev–Trinajstić information content (AvgIpc) is 2.99. The Balaban J connectivity index is 1.68. The predicted octanol–water partition coefficient (Wildman–Crippen LogP) is 3.27. The van der Waals surface area contributed by atoms with Gasteiger partial charge in [-0.15, -0.1) is 11.3 Å². The number of hydrogen-bond acceptors (Lipinski definition) is 4. The van der Waals surface area contributed by atoms with E-state index in [0.29, 0.717) is 11.7 Å². The number of carbonyl (C=O) groups excluding carboxylic acids is 1. The van der Waals surface area contributed by atoms with Crippen LogP contribution in [0.15, 0.2) is 29.9 Å². The average molecular weight is 287 g/mol. The fourth-order valence-corrected chi connectivity index (χ4v) is 3.30. The van der Waals surface area contributed by atoms with Gasteiger partial charge in [0.25, 0.3) is 5.91 Å². The van der Waals surface area contributed by atoms with Crippen molar-refractivity contribution in [2.24, 2.45) is 0 Å². The first-order valence-corrected chi connectivity index (χ1v) is 7.88. The smallest absolute Gasteiger partial charge is 0.270 e. The first kappa shape index (κ1) is 13.2. The molecule has 0 bridgehead atoms. The molecule has 0 aromatic carbocycles. The molecule has 3 rings (SSSR count). The maximum Gasteiger partial charge on any atom is 0.270 e. The lowest BCUT2D eigenvalue weighted by Crippen LogP contribution is -2.36. The molecule has 1 amide bonds. The third-order valence-electron chi connectivity index (χ3n) is 3.59. The molecule has 0 spiro atoms. The van der Waals surface area contributed by atoms with Crippen LogP contribution >= 0.6 is 11.3 Å². The van der Waals surface area contributed by atoms with Crippen molar-refractivity contribution < 1.29 is 4.79 Å². The Kier molecular flexibility index (Phi) is 4.06. The van der Waals surface area contributed by atoms with E-state index < -0.39 is 0 Å². The van der Waals surface area contributed by atoms with Crippen molar-refractivity contribution in [1.29, 1.82) is 0 Å². The number of carbonyl (C=O) groups is 1. The van der Waals surface area contributed by atoms with Gasteiger partial charge in [0.1, 0.15) is 10.7 Å². The lowest BCUT2D eigenvalue weighted by atomic mass is 9.95. The van der Waals surface area contributed by atoms with Gasteiger partial charge in [0, 0.05) is 29.4 Å². The first-order valence-electron chi connectivity index (χ1n) is 7.00. The summed E-state index contributed by atoms with van der Waals surface area (Å²) >= 11 is 1.48. The second kappa shape index (κ2) is 6.13. The zero-order valence-corrected chi connectivity index (χ0v) is 12.0. The van der Waals surface area contributed by atoms with Crippen LogP contribution in [-0.4, -0.2) is 21.9 Å². The van der Waals surface area contributed by atoms with Crippen LogP contribution < -0.4 is 5.32 Å². The van der Waals surface area contributed by atoms with Gasteiger partial charge in [0.05, 0.1) is 0 Å². The van der Waals surface area contributed by atoms with Gasteiger partial charge in [-0.25, -0.2) is 4.98 Å². The molecule has 5 heteroatoms. The predicted molar refractivity (Wildman–Crippen MR) is 79.7 cm³/mol. The summed E-state index contributed by atoms with van der Waals surface area (Å²) < 4.78 is 0. The topological polar surface area (TPSA) is 54.9 Å². The second-order valence-electron chi connectivity index (χ2n) is 5.09. The Labute approximate surface area is 122 Å². The fourth-order valence-electron chi connectivity index (χ4n) is 2.51. The fraction of sp³-hybridized carbons (Fsp3) is 0.400. The Hall–Kier alpha value is -1.75. The molecule has 104 valence electrons. The van der Waals surface area contributed by atoms with Gasteiger partial charge in [-0.3, -0.25) is 9.78 Å². The highest BCUT2D eigenvalue weighted by molar-refractivity contribution is 7.13. The SMILES string of the molecule is O=C(NC1CCCCC1)c1csc(-c2cccnc2)n1. The van der Waals surface area contributed by atoms with E-state index in [2.05, 4.69) is 15.3 Å². The molecule has 1 aliphatic rings. The lowest BCUT2D eigenvalue weighted by Gasteiger charge is -2.22. The Morgan fingerprint density at radius 2 is 2.15 bits per heavy atom. The number of thiazole rings is 1. The van der Waals surface area contributed by atoms with Crippen LogP contribution in [0.1, 0.15) is 42.6 Å². The molecule has 1 N–H and O–H groups in total. The summed E-state index contributed by atoms with van der Waals surface area (Å²) in [6.45, 7) is 0. The highest BCUT2D eigenvalue weighted by Crippen LogP contribution is 2.23. The molecule has 1 aliphatic carbocycles. The van der Waals surface area contributed by atoms with Crippen molar-refractivity contribution in [1.82, 2.24) is 15.3 Å². The van der Waals surface area contributed by atoms with Crippen molar-refractivity contribution in [2.75, 3.05) is 0 Å². The largest absolute Gasteiger partial charge is 0.348 e. The monoisotopic (exact) mass is 287 g/mol. The van der Waals surface area contributed by atoms with Crippen molar-refractivity contribution in [2.45, 2.75) is 38.1 Å². The summed E-state index contributed by atoms with van der Waals surface area (Å²) in [5.41, 5.74) is 1.47. The first-order chi connectivity index (χ1) is 9.83. The molecule has 0 atom stereocenters. The number of pyridine rings is 1. The van der Waals surface area contributed by atoms with E-state index in [-0.39, 0.29) is 5.91 Å². The maximum absolute atomic E-state index is 12.2. The molecule has 2 aromatic rings. The number of aromatic nitrogens is 2. The number of nitrogens with one attached hydrogen (secondary N) is 1. The molecule has 4 nitrogen and oxygen atoms in total. The van der Waals surface area contributed by atoms with E-state index in [0.717, 1.165) is 23.4 Å². The van der Waals surface area contributed by atoms with Crippen LogP contribution in [0.2, 0.25) is 0 Å². The molecule has 20 heavy (non-hydrogen) atoms. The van der Waals surface area contributed by atoms with Crippen molar-refractivity contribution in [3.63, 3.8) is 0 Å². The Bertz CT molecular complexity index is 576. The van der Waals surface area contributed by atoms with Gasteiger partial charge < -0.3 is 5.32 Å². The quantitative estimate of drug-likeness (QED) is 0.942. The summed E-state index contributed by atoms with van der Waals surface area (Å²) in [4.78, 5) is 20.7. The van der Waals surface area contributed by atoms with Gasteiger partial charge in [-0.2, -0.15) is 0 Å². The summed E-state index contributed by atoms with van der Waals surface area (Å²) in [7, 11) is 0. The second-order valence-corrected chi connectivity index (χ2v) is 5.95. The van der Waals surface area contributed by atoms with E-state index in [1.807, 2.05) is 17.5 Å². The number of amides is 1. The standard InChI is InChI=1S/C15H17N3OS/c19-14(17-12-6-2-1-3-7-12)13-10-20-15(18-13)11-5-4-8-16-9-11/h4-5,8-10,12H,1-3,6-7H2,(H,17,19). The van der Waals surface area contributed by atoms with Crippen LogP contribution in [-0.2, 0) is 0 Å². The van der Waals surface area contributed by atoms with Gasteiger partial charge in [-0.05, 0) is 25.0 Å². The van der Waals surface area contributed by atoms with Crippen molar-refractivity contribution in [3.05, 3.63) is 35.6 Å². The third kappa shape index (κ3) is 3.04. The Morgan fingerprint density at radius 3 is 2.90 bits per heavy atom. The molecule has 1 fully saturated rings. The van der Waals surface area contributed by atoms with Crippen LogP contribution in [0.3, 0.4) is 0 Å². The van der Waals surface area contributed by atoms with Gasteiger partial charge in [-0.1, -0.05) is 19.3 Å². The van der Waals surface area contributed by atoms with Crippen LogP contribution in [0.25, 0.3) is 10.6 Å². The summed E-state index contributed by atoms with van der Waals surface area (Å²) in [6.07, 6.45) is 9.38. The van der Waals surface area contributed by atoms with Crippen LogP contribution in [0.5, 0.6) is 0 Å². The normalized spacial score (nSPS) is 16.0. The molecule has 0 radical (unpaired) electrons. The minimum Gasteiger partial charge on any atom is -0.348 e. The number of hydrogen-bond donors (Lipinski definition) is 1. The van der Waals surface area contributed by atoms with Crippen LogP contribution in [0, 0.1) is 0 Å². The minimum absolute atomic E-state index is 0.0525. The molecule has 0 saturated heterocycles. The molecular weight excluding hydrogens is 270 g/mol. The zero-order valence-electron chi connectivity index (χ0n) is 11.2. The molecular formula is C15H17N3OS. The summed E-state index contributed by atoms with van der Waals surface area (Å²) in [5.74, 6) is -0.0525. The Morgan fingerprint density at radius 1 is 1.30 bits per heavy atom. The minimum atomic E-state index is -0.0525.